The molecule has 1 aliphatic heterocycles. The molecule has 0 saturated heterocycles. The molecule has 0 saturated carbocycles. The first-order valence-electron chi connectivity index (χ1n) is 4.35. The van der Waals surface area contributed by atoms with Crippen molar-refractivity contribution >= 4 is 11.9 Å². The highest BCUT2D eigenvalue weighted by atomic mass is 16.5. The SMILES string of the molecule is COc1ccc2c(c1)C(=O)NC2C(=O)O. The van der Waals surface area contributed by atoms with Crippen molar-refractivity contribution in [2.24, 2.45) is 0 Å². The monoisotopic (exact) mass is 207 g/mol. The van der Waals surface area contributed by atoms with E-state index < -0.39 is 12.0 Å². The number of ether oxygens (including phenoxy) is 1. The molecule has 1 unspecified atom stereocenters. The van der Waals surface area contributed by atoms with Gasteiger partial charge in [-0.2, -0.15) is 0 Å². The van der Waals surface area contributed by atoms with Crippen molar-refractivity contribution in [2.45, 2.75) is 6.04 Å². The van der Waals surface area contributed by atoms with Crippen LogP contribution < -0.4 is 10.1 Å². The molecular weight excluding hydrogens is 198 g/mol. The molecule has 0 aliphatic carbocycles. The standard InChI is InChI=1S/C10H9NO4/c1-15-5-2-3-6-7(4-5)9(12)11-8(6)10(13)14/h2-4,8H,1H3,(H,11,12)(H,13,14). The summed E-state index contributed by atoms with van der Waals surface area (Å²) in [5, 5.41) is 11.2. The number of hydrogen-bond donors (Lipinski definition) is 2. The third-order valence-corrected chi connectivity index (χ3v) is 2.34. The zero-order valence-electron chi connectivity index (χ0n) is 7.98. The Kier molecular flexibility index (Phi) is 2.07. The average Bonchev–Trinajstić information content (AvgIpc) is 2.56. The average molecular weight is 207 g/mol. The Morgan fingerprint density at radius 1 is 1.53 bits per heavy atom. The number of fused-ring (bicyclic) bond motifs is 1. The quantitative estimate of drug-likeness (QED) is 0.743. The number of carbonyl (C=O) groups excluding carboxylic acids is 1. The van der Waals surface area contributed by atoms with E-state index in [9.17, 15) is 9.59 Å². The maximum absolute atomic E-state index is 11.4. The highest BCUT2D eigenvalue weighted by Crippen LogP contribution is 2.28. The molecule has 1 atom stereocenters. The lowest BCUT2D eigenvalue weighted by Gasteiger charge is -2.05. The van der Waals surface area contributed by atoms with Crippen molar-refractivity contribution in [1.29, 1.82) is 0 Å². The first-order chi connectivity index (χ1) is 7.13. The molecule has 1 aromatic rings. The molecule has 1 amide bonds. The normalized spacial score (nSPS) is 18.2. The van der Waals surface area contributed by atoms with Crippen molar-refractivity contribution < 1.29 is 19.4 Å². The smallest absolute Gasteiger partial charge is 0.330 e. The second-order valence-electron chi connectivity index (χ2n) is 3.20. The van der Waals surface area contributed by atoms with Gasteiger partial charge in [0.05, 0.1) is 7.11 Å². The number of rotatable bonds is 2. The minimum atomic E-state index is -1.06. The van der Waals surface area contributed by atoms with Gasteiger partial charge in [0.25, 0.3) is 5.91 Å². The Morgan fingerprint density at radius 3 is 2.87 bits per heavy atom. The number of carboxylic acid groups (broad SMARTS) is 1. The summed E-state index contributed by atoms with van der Waals surface area (Å²) in [7, 11) is 1.49. The Hall–Kier alpha value is -2.04. The number of methoxy groups -OCH3 is 1. The van der Waals surface area contributed by atoms with Gasteiger partial charge in [0.15, 0.2) is 6.04 Å². The zero-order valence-corrected chi connectivity index (χ0v) is 7.98. The Balaban J connectivity index is 2.50. The van der Waals surface area contributed by atoms with E-state index in [1.165, 1.54) is 13.2 Å². The van der Waals surface area contributed by atoms with Crippen LogP contribution in [0.2, 0.25) is 0 Å². The molecule has 0 aromatic heterocycles. The first-order valence-corrected chi connectivity index (χ1v) is 4.35. The van der Waals surface area contributed by atoms with Crippen molar-refractivity contribution in [3.63, 3.8) is 0 Å². The van der Waals surface area contributed by atoms with E-state index >= 15 is 0 Å². The highest BCUT2D eigenvalue weighted by Gasteiger charge is 2.33. The lowest BCUT2D eigenvalue weighted by atomic mass is 10.0. The van der Waals surface area contributed by atoms with Crippen LogP contribution in [0, 0.1) is 0 Å². The van der Waals surface area contributed by atoms with E-state index in [0.717, 1.165) is 0 Å². The Bertz CT molecular complexity index is 441. The van der Waals surface area contributed by atoms with E-state index in [1.54, 1.807) is 12.1 Å². The first kappa shape index (κ1) is 9.51. The van der Waals surface area contributed by atoms with Gasteiger partial charge in [-0.15, -0.1) is 0 Å². The van der Waals surface area contributed by atoms with Crippen molar-refractivity contribution in [3.05, 3.63) is 29.3 Å². The molecule has 5 heteroatoms. The molecule has 1 aliphatic rings. The van der Waals surface area contributed by atoms with E-state index in [4.69, 9.17) is 9.84 Å². The zero-order chi connectivity index (χ0) is 11.0. The molecular formula is C10H9NO4. The fourth-order valence-electron chi connectivity index (χ4n) is 1.59. The Morgan fingerprint density at radius 2 is 2.27 bits per heavy atom. The molecule has 1 aromatic carbocycles. The summed E-state index contributed by atoms with van der Waals surface area (Å²) in [5.74, 6) is -0.904. The van der Waals surface area contributed by atoms with Gasteiger partial charge in [0, 0.05) is 5.56 Å². The maximum atomic E-state index is 11.4. The van der Waals surface area contributed by atoms with Gasteiger partial charge in [-0.25, -0.2) is 4.79 Å². The van der Waals surface area contributed by atoms with Gasteiger partial charge in [-0.1, -0.05) is 6.07 Å². The molecule has 0 fully saturated rings. The minimum Gasteiger partial charge on any atom is -0.497 e. The van der Waals surface area contributed by atoms with E-state index in [1.807, 2.05) is 0 Å². The molecule has 5 nitrogen and oxygen atoms in total. The fraction of sp³-hybridized carbons (Fsp3) is 0.200. The molecule has 2 N–H and O–H groups in total. The number of aliphatic carboxylic acids is 1. The predicted octanol–water partition coefficient (Wildman–Crippen LogP) is 0.564. The van der Waals surface area contributed by atoms with Gasteiger partial charge in [0.2, 0.25) is 0 Å². The lowest BCUT2D eigenvalue weighted by Crippen LogP contribution is -2.25. The van der Waals surface area contributed by atoms with Gasteiger partial charge in [0.1, 0.15) is 5.75 Å². The summed E-state index contributed by atoms with van der Waals surface area (Å²) >= 11 is 0. The third-order valence-electron chi connectivity index (χ3n) is 2.34. The summed E-state index contributed by atoms with van der Waals surface area (Å²) in [6.45, 7) is 0. The second-order valence-corrected chi connectivity index (χ2v) is 3.20. The summed E-state index contributed by atoms with van der Waals surface area (Å²) in [6, 6.07) is 3.81. The number of nitrogens with one attached hydrogen (secondary N) is 1. The van der Waals surface area contributed by atoms with Gasteiger partial charge in [-0.05, 0) is 17.7 Å². The van der Waals surface area contributed by atoms with Gasteiger partial charge >= 0.3 is 5.97 Å². The minimum absolute atomic E-state index is 0.363. The summed E-state index contributed by atoms with van der Waals surface area (Å²) in [6.07, 6.45) is 0. The van der Waals surface area contributed by atoms with Crippen LogP contribution in [0.4, 0.5) is 0 Å². The molecule has 2 rings (SSSR count). The third kappa shape index (κ3) is 1.41. The number of amides is 1. The Labute approximate surface area is 85.7 Å². The molecule has 0 bridgehead atoms. The van der Waals surface area contributed by atoms with Crippen LogP contribution in [-0.4, -0.2) is 24.1 Å². The number of benzene rings is 1. The van der Waals surface area contributed by atoms with Crippen LogP contribution in [-0.2, 0) is 4.79 Å². The number of carboxylic acids is 1. The maximum Gasteiger partial charge on any atom is 0.330 e. The van der Waals surface area contributed by atoms with Crippen LogP contribution in [0.5, 0.6) is 5.75 Å². The van der Waals surface area contributed by atoms with Gasteiger partial charge in [-0.3, -0.25) is 4.79 Å². The number of carbonyl (C=O) groups is 2. The molecule has 0 spiro atoms. The largest absolute Gasteiger partial charge is 0.497 e. The summed E-state index contributed by atoms with van der Waals surface area (Å²) in [5.41, 5.74) is 0.843. The van der Waals surface area contributed by atoms with Crippen LogP contribution in [0.15, 0.2) is 18.2 Å². The summed E-state index contributed by atoms with van der Waals surface area (Å²) < 4.78 is 4.96. The van der Waals surface area contributed by atoms with Crippen LogP contribution in [0.1, 0.15) is 22.0 Å². The van der Waals surface area contributed by atoms with Gasteiger partial charge < -0.3 is 15.2 Å². The van der Waals surface area contributed by atoms with E-state index in [-0.39, 0.29) is 5.91 Å². The highest BCUT2D eigenvalue weighted by molar-refractivity contribution is 6.03. The van der Waals surface area contributed by atoms with Crippen LogP contribution in [0.3, 0.4) is 0 Å². The molecule has 0 radical (unpaired) electrons. The van der Waals surface area contributed by atoms with Crippen LogP contribution >= 0.6 is 0 Å². The summed E-state index contributed by atoms with van der Waals surface area (Å²) in [4.78, 5) is 22.2. The number of hydrogen-bond acceptors (Lipinski definition) is 3. The van der Waals surface area contributed by atoms with Crippen LogP contribution in [0.25, 0.3) is 0 Å². The fourth-order valence-corrected chi connectivity index (χ4v) is 1.59. The van der Waals surface area contributed by atoms with Crippen molar-refractivity contribution in [3.8, 4) is 5.75 Å². The second kappa shape index (κ2) is 3.27. The van der Waals surface area contributed by atoms with Crippen molar-refractivity contribution in [1.82, 2.24) is 5.32 Å². The molecule has 78 valence electrons. The molecule has 1 heterocycles. The van der Waals surface area contributed by atoms with Crippen molar-refractivity contribution in [2.75, 3.05) is 7.11 Å². The van der Waals surface area contributed by atoms with E-state index in [0.29, 0.717) is 16.9 Å². The molecule has 15 heavy (non-hydrogen) atoms. The topological polar surface area (TPSA) is 75.6 Å². The van der Waals surface area contributed by atoms with E-state index in [2.05, 4.69) is 5.32 Å². The predicted molar refractivity (Wildman–Crippen MR) is 50.8 cm³/mol. The lowest BCUT2D eigenvalue weighted by molar-refractivity contribution is -0.139.